The van der Waals surface area contributed by atoms with Crippen LogP contribution < -0.4 is 15.8 Å². The Hall–Kier alpha value is -2.49. The third-order valence-corrected chi connectivity index (χ3v) is 3.72. The number of ether oxygens (including phenoxy) is 1. The summed E-state index contributed by atoms with van der Waals surface area (Å²) < 4.78 is 5.90. The Labute approximate surface area is 123 Å². The zero-order valence-electron chi connectivity index (χ0n) is 11.9. The molecule has 0 spiro atoms. The number of benzene rings is 2. The maximum absolute atomic E-state index is 12.3. The first-order valence-electron chi connectivity index (χ1n) is 7.05. The lowest BCUT2D eigenvalue weighted by Crippen LogP contribution is -2.32. The monoisotopic (exact) mass is 282 g/mol. The fourth-order valence-electron chi connectivity index (χ4n) is 2.50. The van der Waals surface area contributed by atoms with Crippen molar-refractivity contribution < 1.29 is 9.53 Å². The van der Waals surface area contributed by atoms with Gasteiger partial charge >= 0.3 is 0 Å². The molecular formula is C17H18N2O2. The quantitative estimate of drug-likeness (QED) is 0.832. The number of para-hydroxylation sites is 1. The van der Waals surface area contributed by atoms with Crippen molar-refractivity contribution >= 4 is 17.3 Å². The molecule has 1 atom stereocenters. The van der Waals surface area contributed by atoms with Crippen LogP contribution >= 0.6 is 0 Å². The average Bonchev–Trinajstić information content (AvgIpc) is 2.62. The Bertz CT molecular complexity index is 682. The minimum atomic E-state index is -0.502. The predicted octanol–water partition coefficient (Wildman–Crippen LogP) is 2.91. The Morgan fingerprint density at radius 3 is 2.90 bits per heavy atom. The molecule has 4 nitrogen and oxygen atoms in total. The van der Waals surface area contributed by atoms with Gasteiger partial charge in [0.25, 0.3) is 5.91 Å². The van der Waals surface area contributed by atoms with Crippen LogP contribution in [-0.2, 0) is 11.2 Å². The second kappa shape index (κ2) is 5.48. The Morgan fingerprint density at radius 1 is 1.24 bits per heavy atom. The Balaban J connectivity index is 1.81. The summed E-state index contributed by atoms with van der Waals surface area (Å²) in [5, 5.41) is 2.93. The number of carbonyl (C=O) groups is 1. The summed E-state index contributed by atoms with van der Waals surface area (Å²) in [6.07, 6.45) is 0.954. The molecule has 1 amide bonds. The minimum absolute atomic E-state index is 0.109. The van der Waals surface area contributed by atoms with Crippen molar-refractivity contribution in [2.45, 2.75) is 25.9 Å². The normalized spacial score (nSPS) is 17.6. The largest absolute Gasteiger partial charge is 0.480 e. The van der Waals surface area contributed by atoms with Crippen LogP contribution in [0.4, 0.5) is 11.4 Å². The average molecular weight is 282 g/mol. The van der Waals surface area contributed by atoms with Crippen molar-refractivity contribution in [1.82, 2.24) is 0 Å². The number of anilines is 2. The molecule has 0 saturated carbocycles. The number of nitrogens with one attached hydrogen (secondary N) is 1. The van der Waals surface area contributed by atoms with E-state index in [0.717, 1.165) is 23.2 Å². The lowest BCUT2D eigenvalue weighted by atomic mass is 10.1. The second-order valence-electron chi connectivity index (χ2n) is 5.32. The van der Waals surface area contributed by atoms with Crippen molar-refractivity contribution in [2.24, 2.45) is 0 Å². The third-order valence-electron chi connectivity index (χ3n) is 3.72. The van der Waals surface area contributed by atoms with Crippen molar-refractivity contribution in [3.05, 3.63) is 53.6 Å². The van der Waals surface area contributed by atoms with E-state index in [1.165, 1.54) is 0 Å². The highest BCUT2D eigenvalue weighted by Gasteiger charge is 2.25. The molecule has 108 valence electrons. The Kier molecular flexibility index (Phi) is 3.52. The summed E-state index contributed by atoms with van der Waals surface area (Å²) >= 11 is 0. The summed E-state index contributed by atoms with van der Waals surface area (Å²) in [7, 11) is 0. The van der Waals surface area contributed by atoms with Gasteiger partial charge < -0.3 is 15.8 Å². The molecule has 0 fully saturated rings. The molecule has 4 heteroatoms. The molecule has 2 aromatic rings. The standard InChI is InChI=1S/C17H18N2O2/c1-11-6-8-13(18)10-16(11)21-15-9-7-12-4-2-3-5-14(12)19-17(15)20/h2-6,8,10,15H,7,9,18H2,1H3,(H,19,20). The van der Waals surface area contributed by atoms with E-state index in [4.69, 9.17) is 10.5 Å². The van der Waals surface area contributed by atoms with Gasteiger partial charge in [-0.15, -0.1) is 0 Å². The van der Waals surface area contributed by atoms with Crippen molar-refractivity contribution in [1.29, 1.82) is 0 Å². The molecule has 21 heavy (non-hydrogen) atoms. The maximum Gasteiger partial charge on any atom is 0.265 e. The lowest BCUT2D eigenvalue weighted by molar-refractivity contribution is -0.122. The third kappa shape index (κ3) is 2.84. The van der Waals surface area contributed by atoms with Crippen molar-refractivity contribution in [3.63, 3.8) is 0 Å². The molecule has 1 aliphatic heterocycles. The number of nitrogens with two attached hydrogens (primary N) is 1. The number of hydrogen-bond acceptors (Lipinski definition) is 3. The van der Waals surface area contributed by atoms with Crippen LogP contribution in [-0.4, -0.2) is 12.0 Å². The first-order valence-corrected chi connectivity index (χ1v) is 7.05. The molecule has 2 aromatic carbocycles. The van der Waals surface area contributed by atoms with Gasteiger partial charge in [-0.3, -0.25) is 4.79 Å². The highest BCUT2D eigenvalue weighted by atomic mass is 16.5. The zero-order valence-corrected chi connectivity index (χ0v) is 11.9. The number of aryl methyl sites for hydroxylation is 2. The molecule has 1 aliphatic rings. The van der Waals surface area contributed by atoms with E-state index in [0.29, 0.717) is 17.9 Å². The zero-order chi connectivity index (χ0) is 14.8. The van der Waals surface area contributed by atoms with E-state index >= 15 is 0 Å². The molecule has 3 N–H and O–H groups in total. The van der Waals surface area contributed by atoms with Gasteiger partial charge in [0.15, 0.2) is 6.10 Å². The van der Waals surface area contributed by atoms with E-state index in [9.17, 15) is 4.79 Å². The van der Waals surface area contributed by atoms with E-state index < -0.39 is 6.10 Å². The SMILES string of the molecule is Cc1ccc(N)cc1OC1CCc2ccccc2NC1=O. The van der Waals surface area contributed by atoms with Crippen LogP contribution in [0, 0.1) is 6.92 Å². The van der Waals surface area contributed by atoms with Crippen LogP contribution in [0.1, 0.15) is 17.5 Å². The van der Waals surface area contributed by atoms with Gasteiger partial charge in [0.1, 0.15) is 5.75 Å². The van der Waals surface area contributed by atoms with Gasteiger partial charge in [0.2, 0.25) is 0 Å². The highest BCUT2D eigenvalue weighted by Crippen LogP contribution is 2.26. The first-order chi connectivity index (χ1) is 10.1. The highest BCUT2D eigenvalue weighted by molar-refractivity contribution is 5.95. The summed E-state index contributed by atoms with van der Waals surface area (Å²) in [6.45, 7) is 1.94. The van der Waals surface area contributed by atoms with E-state index in [2.05, 4.69) is 5.32 Å². The lowest BCUT2D eigenvalue weighted by Gasteiger charge is -2.17. The van der Waals surface area contributed by atoms with E-state index in [1.807, 2.05) is 43.3 Å². The molecule has 0 bridgehead atoms. The smallest absolute Gasteiger partial charge is 0.265 e. The van der Waals surface area contributed by atoms with Crippen LogP contribution in [0.2, 0.25) is 0 Å². The molecule has 0 saturated heterocycles. The van der Waals surface area contributed by atoms with Gasteiger partial charge in [0.05, 0.1) is 0 Å². The van der Waals surface area contributed by atoms with Crippen LogP contribution in [0.25, 0.3) is 0 Å². The van der Waals surface area contributed by atoms with Gasteiger partial charge in [-0.1, -0.05) is 24.3 Å². The predicted molar refractivity (Wildman–Crippen MR) is 83.4 cm³/mol. The summed E-state index contributed by atoms with van der Waals surface area (Å²) in [4.78, 5) is 12.3. The minimum Gasteiger partial charge on any atom is -0.480 e. The summed E-state index contributed by atoms with van der Waals surface area (Å²) in [5.74, 6) is 0.558. The molecule has 3 rings (SSSR count). The van der Waals surface area contributed by atoms with Gasteiger partial charge in [-0.25, -0.2) is 0 Å². The summed E-state index contributed by atoms with van der Waals surface area (Å²) in [6, 6.07) is 13.3. The van der Waals surface area contributed by atoms with Crippen LogP contribution in [0.5, 0.6) is 5.75 Å². The maximum atomic E-state index is 12.3. The summed E-state index contributed by atoms with van der Waals surface area (Å²) in [5.41, 5.74) is 9.40. The molecule has 1 unspecified atom stereocenters. The molecule has 0 aliphatic carbocycles. The molecular weight excluding hydrogens is 264 g/mol. The molecule has 0 aromatic heterocycles. The topological polar surface area (TPSA) is 64.3 Å². The van der Waals surface area contributed by atoms with Crippen molar-refractivity contribution in [2.75, 3.05) is 11.1 Å². The number of rotatable bonds is 2. The number of nitrogen functional groups attached to an aromatic ring is 1. The van der Waals surface area contributed by atoms with Crippen LogP contribution in [0.15, 0.2) is 42.5 Å². The van der Waals surface area contributed by atoms with Crippen molar-refractivity contribution in [3.8, 4) is 5.75 Å². The Morgan fingerprint density at radius 2 is 2.05 bits per heavy atom. The molecule has 0 radical (unpaired) electrons. The van der Waals surface area contributed by atoms with Crippen LogP contribution in [0.3, 0.4) is 0 Å². The second-order valence-corrected chi connectivity index (χ2v) is 5.32. The van der Waals surface area contributed by atoms with Gasteiger partial charge in [0, 0.05) is 17.4 Å². The number of hydrogen-bond donors (Lipinski definition) is 2. The first kappa shape index (κ1) is 13.5. The number of carbonyl (C=O) groups excluding carboxylic acids is 1. The van der Waals surface area contributed by atoms with Gasteiger partial charge in [-0.2, -0.15) is 0 Å². The fraction of sp³-hybridized carbons (Fsp3) is 0.235. The van der Waals surface area contributed by atoms with Gasteiger partial charge in [-0.05, 0) is 43.0 Å². The van der Waals surface area contributed by atoms with E-state index in [-0.39, 0.29) is 5.91 Å². The number of fused-ring (bicyclic) bond motifs is 1. The number of amides is 1. The molecule has 1 heterocycles. The fourth-order valence-corrected chi connectivity index (χ4v) is 2.50. The van der Waals surface area contributed by atoms with E-state index in [1.54, 1.807) is 6.07 Å².